The topological polar surface area (TPSA) is 85.0 Å². The Morgan fingerprint density at radius 2 is 2.17 bits per heavy atom. The Morgan fingerprint density at radius 3 is 2.92 bits per heavy atom. The first-order valence-electron chi connectivity index (χ1n) is 7.35. The lowest BCUT2D eigenvalue weighted by molar-refractivity contribution is 0.0562. The monoisotopic (exact) mass is 341 g/mol. The van der Waals surface area contributed by atoms with Crippen molar-refractivity contribution in [3.63, 3.8) is 0 Å². The molecular formula is C16H12ClN5O2. The number of halogens is 1. The molecule has 1 aliphatic heterocycles. The first kappa shape index (κ1) is 14.8. The van der Waals surface area contributed by atoms with E-state index < -0.39 is 0 Å². The molecule has 4 rings (SSSR count). The Morgan fingerprint density at radius 1 is 1.29 bits per heavy atom. The van der Waals surface area contributed by atoms with Gasteiger partial charge in [0.25, 0.3) is 5.91 Å². The van der Waals surface area contributed by atoms with Gasteiger partial charge in [0.2, 0.25) is 11.7 Å². The molecule has 1 aromatic carbocycles. The maximum Gasteiger partial charge on any atom is 0.274 e. The molecule has 3 aromatic rings. The van der Waals surface area contributed by atoms with E-state index in [1.807, 2.05) is 12.1 Å². The number of hydrogen-bond donors (Lipinski definition) is 0. The number of nitrogens with zero attached hydrogens (tertiary/aromatic N) is 5. The quantitative estimate of drug-likeness (QED) is 0.727. The van der Waals surface area contributed by atoms with Crippen LogP contribution in [0.2, 0.25) is 5.02 Å². The number of carbonyl (C=O) groups is 1. The summed E-state index contributed by atoms with van der Waals surface area (Å²) in [6.07, 6.45) is 4.49. The van der Waals surface area contributed by atoms with E-state index in [9.17, 15) is 4.79 Å². The van der Waals surface area contributed by atoms with Crippen LogP contribution < -0.4 is 0 Å². The van der Waals surface area contributed by atoms with Crippen LogP contribution in [-0.4, -0.2) is 44.0 Å². The van der Waals surface area contributed by atoms with Crippen molar-refractivity contribution in [1.82, 2.24) is 25.0 Å². The van der Waals surface area contributed by atoms with Gasteiger partial charge in [-0.1, -0.05) is 28.9 Å². The third kappa shape index (κ3) is 2.74. The molecule has 3 heterocycles. The number of amides is 1. The molecule has 7 nitrogen and oxygen atoms in total. The normalized spacial score (nSPS) is 14.5. The lowest BCUT2D eigenvalue weighted by Crippen LogP contribution is -2.48. The molecule has 0 unspecified atom stereocenters. The standard InChI is InChI=1S/C16H12ClN5O2/c17-12-3-1-2-10(6-12)14-20-15(24-21-14)11-8-22(9-11)16(23)13-7-18-4-5-19-13/h1-7,11H,8-9H2. The lowest BCUT2D eigenvalue weighted by atomic mass is 9.99. The van der Waals surface area contributed by atoms with Crippen LogP contribution in [0, 0.1) is 0 Å². The summed E-state index contributed by atoms with van der Waals surface area (Å²) in [6, 6.07) is 7.26. The number of likely N-dealkylation sites (tertiary alicyclic amines) is 1. The summed E-state index contributed by atoms with van der Waals surface area (Å²) < 4.78 is 5.33. The summed E-state index contributed by atoms with van der Waals surface area (Å²) in [5, 5.41) is 4.60. The highest BCUT2D eigenvalue weighted by Gasteiger charge is 2.36. The van der Waals surface area contributed by atoms with Crippen molar-refractivity contribution in [3.05, 3.63) is 59.5 Å². The molecule has 0 N–H and O–H groups in total. The largest absolute Gasteiger partial charge is 0.339 e. The molecule has 1 amide bonds. The third-order valence-electron chi connectivity index (χ3n) is 3.82. The highest BCUT2D eigenvalue weighted by atomic mass is 35.5. The number of rotatable bonds is 3. The minimum Gasteiger partial charge on any atom is -0.339 e. The third-order valence-corrected chi connectivity index (χ3v) is 4.06. The van der Waals surface area contributed by atoms with E-state index in [0.717, 1.165) is 5.56 Å². The molecule has 24 heavy (non-hydrogen) atoms. The fourth-order valence-electron chi connectivity index (χ4n) is 2.52. The van der Waals surface area contributed by atoms with Gasteiger partial charge in [-0.25, -0.2) is 4.98 Å². The molecule has 0 saturated carbocycles. The zero-order chi connectivity index (χ0) is 16.5. The van der Waals surface area contributed by atoms with Crippen LogP contribution in [0.25, 0.3) is 11.4 Å². The van der Waals surface area contributed by atoms with Crippen molar-refractivity contribution in [2.45, 2.75) is 5.92 Å². The van der Waals surface area contributed by atoms with E-state index in [-0.39, 0.29) is 11.8 Å². The van der Waals surface area contributed by atoms with E-state index in [2.05, 4.69) is 20.1 Å². The Hall–Kier alpha value is -2.80. The molecule has 0 aliphatic carbocycles. The molecular weight excluding hydrogens is 330 g/mol. The van der Waals surface area contributed by atoms with Crippen molar-refractivity contribution >= 4 is 17.5 Å². The van der Waals surface area contributed by atoms with Gasteiger partial charge < -0.3 is 9.42 Å². The minimum atomic E-state index is -0.145. The molecule has 0 radical (unpaired) electrons. The van der Waals surface area contributed by atoms with Gasteiger partial charge in [-0.2, -0.15) is 4.98 Å². The minimum absolute atomic E-state index is 0.0334. The first-order valence-corrected chi connectivity index (χ1v) is 7.73. The van der Waals surface area contributed by atoms with Gasteiger partial charge in [-0.15, -0.1) is 0 Å². The second-order valence-electron chi connectivity index (χ2n) is 5.46. The molecule has 1 saturated heterocycles. The Labute approximate surface area is 142 Å². The van der Waals surface area contributed by atoms with Crippen LogP contribution in [0.15, 0.2) is 47.4 Å². The average molecular weight is 342 g/mol. The maximum absolute atomic E-state index is 12.2. The predicted octanol–water partition coefficient (Wildman–Crippen LogP) is 2.42. The van der Waals surface area contributed by atoms with Crippen molar-refractivity contribution in [2.24, 2.45) is 0 Å². The van der Waals surface area contributed by atoms with Crippen LogP contribution in [0.1, 0.15) is 22.3 Å². The summed E-state index contributed by atoms with van der Waals surface area (Å²) in [5.74, 6) is 0.902. The lowest BCUT2D eigenvalue weighted by Gasteiger charge is -2.36. The summed E-state index contributed by atoms with van der Waals surface area (Å²) in [5.41, 5.74) is 1.13. The summed E-state index contributed by atoms with van der Waals surface area (Å²) in [6.45, 7) is 1.04. The second-order valence-corrected chi connectivity index (χ2v) is 5.90. The van der Waals surface area contributed by atoms with Gasteiger partial charge >= 0.3 is 0 Å². The van der Waals surface area contributed by atoms with Gasteiger partial charge in [0.15, 0.2) is 0 Å². The molecule has 1 fully saturated rings. The fourth-order valence-corrected chi connectivity index (χ4v) is 2.71. The Kier molecular flexibility index (Phi) is 3.70. The van der Waals surface area contributed by atoms with E-state index in [4.69, 9.17) is 16.1 Å². The SMILES string of the molecule is O=C(c1cnccn1)N1CC(c2nc(-c3cccc(Cl)c3)no2)C1. The smallest absolute Gasteiger partial charge is 0.274 e. The first-order chi connectivity index (χ1) is 11.7. The van der Waals surface area contributed by atoms with Gasteiger partial charge in [0.05, 0.1) is 12.1 Å². The molecule has 0 bridgehead atoms. The van der Waals surface area contributed by atoms with Gasteiger partial charge in [-0.05, 0) is 12.1 Å². The van der Waals surface area contributed by atoms with Crippen molar-refractivity contribution < 1.29 is 9.32 Å². The number of benzene rings is 1. The Bertz CT molecular complexity index is 877. The van der Waals surface area contributed by atoms with Crippen molar-refractivity contribution in [2.75, 3.05) is 13.1 Å². The number of aromatic nitrogens is 4. The summed E-state index contributed by atoms with van der Waals surface area (Å²) in [7, 11) is 0. The van der Waals surface area contributed by atoms with E-state index in [1.165, 1.54) is 18.6 Å². The molecule has 0 atom stereocenters. The number of carbonyl (C=O) groups excluding carboxylic acids is 1. The van der Waals surface area contributed by atoms with Crippen LogP contribution in [-0.2, 0) is 0 Å². The summed E-state index contributed by atoms with van der Waals surface area (Å²) in [4.78, 5) is 26.2. The average Bonchev–Trinajstić information content (AvgIpc) is 3.04. The van der Waals surface area contributed by atoms with Crippen molar-refractivity contribution in [3.8, 4) is 11.4 Å². The fraction of sp³-hybridized carbons (Fsp3) is 0.188. The second kappa shape index (κ2) is 6.01. The zero-order valence-corrected chi connectivity index (χ0v) is 13.2. The molecule has 120 valence electrons. The molecule has 1 aliphatic rings. The molecule has 0 spiro atoms. The van der Waals surface area contributed by atoms with Crippen LogP contribution in [0.4, 0.5) is 0 Å². The zero-order valence-electron chi connectivity index (χ0n) is 12.5. The van der Waals surface area contributed by atoms with E-state index in [0.29, 0.717) is 35.5 Å². The maximum atomic E-state index is 12.2. The van der Waals surface area contributed by atoms with Crippen molar-refractivity contribution in [1.29, 1.82) is 0 Å². The highest BCUT2D eigenvalue weighted by Crippen LogP contribution is 2.29. The van der Waals surface area contributed by atoms with E-state index >= 15 is 0 Å². The molecule has 2 aromatic heterocycles. The van der Waals surface area contributed by atoms with Crippen LogP contribution >= 0.6 is 11.6 Å². The van der Waals surface area contributed by atoms with Crippen LogP contribution in [0.3, 0.4) is 0 Å². The van der Waals surface area contributed by atoms with Gasteiger partial charge in [0, 0.05) is 36.1 Å². The van der Waals surface area contributed by atoms with E-state index in [1.54, 1.807) is 17.0 Å². The van der Waals surface area contributed by atoms with Crippen LogP contribution in [0.5, 0.6) is 0 Å². The van der Waals surface area contributed by atoms with Gasteiger partial charge in [-0.3, -0.25) is 9.78 Å². The predicted molar refractivity (Wildman–Crippen MR) is 85.4 cm³/mol. The molecule has 8 heteroatoms. The van der Waals surface area contributed by atoms with Gasteiger partial charge in [0.1, 0.15) is 5.69 Å². The highest BCUT2D eigenvalue weighted by molar-refractivity contribution is 6.30. The Balaban J connectivity index is 1.44. The number of hydrogen-bond acceptors (Lipinski definition) is 6. The summed E-state index contributed by atoms with van der Waals surface area (Å²) >= 11 is 5.97.